The largest absolute Gasteiger partial charge is 0.456 e. The highest BCUT2D eigenvalue weighted by molar-refractivity contribution is 6.17. The van der Waals surface area contributed by atoms with Crippen LogP contribution in [0.25, 0.3) is 76.5 Å². The topological polar surface area (TPSA) is 13.1 Å². The average Bonchev–Trinajstić information content (AvgIpc) is 3.56. The van der Waals surface area contributed by atoms with E-state index in [4.69, 9.17) is 11.3 Å². The summed E-state index contributed by atoms with van der Waals surface area (Å²) in [4.78, 5) is 0. The van der Waals surface area contributed by atoms with Crippen molar-refractivity contribution in [2.45, 2.75) is 6.42 Å². The number of fused-ring (bicyclic) bond motifs is 6. The Labute approximate surface area is 264 Å². The summed E-state index contributed by atoms with van der Waals surface area (Å²) < 4.78 is 58.2. The molecular weight excluding hydrogens is 532 g/mol. The summed E-state index contributed by atoms with van der Waals surface area (Å²) >= 11 is 0. The van der Waals surface area contributed by atoms with Crippen molar-refractivity contribution in [2.24, 2.45) is 0 Å². The summed E-state index contributed by atoms with van der Waals surface area (Å²) in [7, 11) is 0. The lowest BCUT2D eigenvalue weighted by molar-refractivity contribution is 0.669. The Morgan fingerprint density at radius 1 is 0.500 bits per heavy atom. The van der Waals surface area contributed by atoms with Crippen molar-refractivity contribution in [2.75, 3.05) is 0 Å². The van der Waals surface area contributed by atoms with Crippen LogP contribution < -0.4 is 0 Å². The number of rotatable bonds is 4. The lowest BCUT2D eigenvalue weighted by atomic mass is 9.84. The molecule has 0 saturated carbocycles. The van der Waals surface area contributed by atoms with E-state index in [0.29, 0.717) is 22.8 Å². The first kappa shape index (κ1) is 19.5. The summed E-state index contributed by atoms with van der Waals surface area (Å²) in [5, 5.41) is 5.58. The van der Waals surface area contributed by atoms with Gasteiger partial charge in [-0.2, -0.15) is 0 Å². The zero-order valence-electron chi connectivity index (χ0n) is 29.7. The van der Waals surface area contributed by atoms with Crippen molar-refractivity contribution in [3.63, 3.8) is 0 Å². The fourth-order valence-corrected chi connectivity index (χ4v) is 6.77. The highest BCUT2D eigenvalue weighted by atomic mass is 16.3. The van der Waals surface area contributed by atoms with E-state index in [1.807, 2.05) is 24.3 Å². The van der Waals surface area contributed by atoms with Crippen LogP contribution in [0.4, 0.5) is 0 Å². The van der Waals surface area contributed by atoms with Crippen molar-refractivity contribution < 1.29 is 12.6 Å². The van der Waals surface area contributed by atoms with Crippen LogP contribution in [-0.4, -0.2) is 0 Å². The Bertz CT molecular complexity index is 2800. The summed E-state index contributed by atoms with van der Waals surface area (Å²) in [6.45, 7) is 0. The SMILES string of the molecule is [2H]c1c([2H])c([2H])c2c([2H])c3c(oc4cccc(Cc5c6ccccc6c(-c6ccccc6-c6ccccc6)c6ccccc56)c43)c([2H])c2c1[2H]. The minimum Gasteiger partial charge on any atom is -0.456 e. The van der Waals surface area contributed by atoms with Crippen molar-refractivity contribution >= 4 is 54.3 Å². The molecule has 0 aliphatic rings. The van der Waals surface area contributed by atoms with Gasteiger partial charge in [-0.05, 0) is 90.3 Å². The maximum Gasteiger partial charge on any atom is 0.136 e. The van der Waals surface area contributed by atoms with Gasteiger partial charge in [-0.25, -0.2) is 0 Å². The maximum absolute atomic E-state index is 9.29. The van der Waals surface area contributed by atoms with Crippen LogP contribution in [0.2, 0.25) is 0 Å². The van der Waals surface area contributed by atoms with Crippen molar-refractivity contribution in [1.82, 2.24) is 0 Å². The van der Waals surface area contributed by atoms with E-state index in [-0.39, 0.29) is 40.5 Å². The molecule has 0 spiro atoms. The summed E-state index contributed by atoms with van der Waals surface area (Å²) in [6, 6.07) is 40.0. The van der Waals surface area contributed by atoms with E-state index < -0.39 is 12.1 Å². The van der Waals surface area contributed by atoms with Crippen LogP contribution in [0, 0.1) is 0 Å². The molecule has 9 rings (SSSR count). The molecule has 0 fully saturated rings. The summed E-state index contributed by atoms with van der Waals surface area (Å²) in [6.07, 6.45) is 0.505. The van der Waals surface area contributed by atoms with E-state index in [1.54, 1.807) is 0 Å². The van der Waals surface area contributed by atoms with Gasteiger partial charge < -0.3 is 4.42 Å². The molecule has 44 heavy (non-hydrogen) atoms. The second kappa shape index (κ2) is 9.97. The molecule has 9 aromatic rings. The van der Waals surface area contributed by atoms with E-state index in [2.05, 4.69) is 97.1 Å². The fourth-order valence-electron chi connectivity index (χ4n) is 6.77. The minimum atomic E-state index is -0.430. The Morgan fingerprint density at radius 3 is 1.84 bits per heavy atom. The van der Waals surface area contributed by atoms with Gasteiger partial charge in [-0.15, -0.1) is 0 Å². The van der Waals surface area contributed by atoms with Gasteiger partial charge >= 0.3 is 0 Å². The second-order valence-corrected chi connectivity index (χ2v) is 11.1. The number of hydrogen-bond acceptors (Lipinski definition) is 1. The molecule has 1 heterocycles. The molecule has 0 amide bonds. The second-order valence-electron chi connectivity index (χ2n) is 11.1. The van der Waals surface area contributed by atoms with Gasteiger partial charge in [0.25, 0.3) is 0 Å². The average molecular weight is 567 g/mol. The fraction of sp³-hybridized carbons (Fsp3) is 0.0233. The molecule has 0 unspecified atom stereocenters. The van der Waals surface area contributed by atoms with Gasteiger partial charge in [-0.3, -0.25) is 0 Å². The monoisotopic (exact) mass is 566 g/mol. The molecule has 206 valence electrons. The Hall–Kier alpha value is -5.66. The van der Waals surface area contributed by atoms with Crippen LogP contribution in [0.15, 0.2) is 162 Å². The van der Waals surface area contributed by atoms with Gasteiger partial charge in [0.05, 0.1) is 8.22 Å². The third kappa shape index (κ3) is 3.87. The molecule has 0 aliphatic carbocycles. The standard InChI is InChI=1S/C43H28O/c1-2-13-28(14-3-1)32-18-6-9-21-35(32)43-36-22-10-7-19-33(36)38(34-20-8-11-23-37(34)43)26-31-17-12-24-40-42(31)39-25-29-15-4-5-16-30(29)27-41(39)44-40/h1-25,27H,26H2/i4D,5D,15D,16D,25D,27D. The predicted molar refractivity (Wildman–Crippen MR) is 186 cm³/mol. The number of furan rings is 1. The Balaban J connectivity index is 1.34. The highest BCUT2D eigenvalue weighted by Gasteiger charge is 2.19. The van der Waals surface area contributed by atoms with E-state index in [1.165, 1.54) is 5.56 Å². The zero-order chi connectivity index (χ0) is 34.3. The van der Waals surface area contributed by atoms with E-state index in [0.717, 1.165) is 49.4 Å². The van der Waals surface area contributed by atoms with Crippen LogP contribution in [0.5, 0.6) is 0 Å². The summed E-state index contributed by atoms with van der Waals surface area (Å²) in [5.74, 6) is 0. The lowest BCUT2D eigenvalue weighted by Crippen LogP contribution is -1.96. The van der Waals surface area contributed by atoms with Gasteiger partial charge in [0.1, 0.15) is 11.2 Å². The zero-order valence-corrected chi connectivity index (χ0v) is 23.7. The number of hydrogen-bond donors (Lipinski definition) is 0. The molecule has 8 aromatic carbocycles. The Kier molecular flexibility index (Phi) is 4.42. The van der Waals surface area contributed by atoms with Crippen LogP contribution in [0.1, 0.15) is 19.4 Å². The third-order valence-corrected chi connectivity index (χ3v) is 8.67. The molecule has 1 heteroatoms. The first-order valence-corrected chi connectivity index (χ1v) is 14.8. The minimum absolute atomic E-state index is 0.00235. The molecule has 0 N–H and O–H groups in total. The molecule has 1 aromatic heterocycles. The van der Waals surface area contributed by atoms with Crippen LogP contribution in [-0.2, 0) is 6.42 Å². The van der Waals surface area contributed by atoms with Crippen LogP contribution >= 0.6 is 0 Å². The maximum atomic E-state index is 9.29. The van der Waals surface area contributed by atoms with E-state index >= 15 is 0 Å². The van der Waals surface area contributed by atoms with Gasteiger partial charge in [-0.1, -0.05) is 139 Å². The van der Waals surface area contributed by atoms with Crippen molar-refractivity contribution in [3.05, 3.63) is 169 Å². The van der Waals surface area contributed by atoms with Crippen LogP contribution in [0.3, 0.4) is 0 Å². The van der Waals surface area contributed by atoms with Crippen molar-refractivity contribution in [1.29, 1.82) is 0 Å². The van der Waals surface area contributed by atoms with Gasteiger partial charge in [0.2, 0.25) is 0 Å². The first-order valence-electron chi connectivity index (χ1n) is 17.8. The lowest BCUT2D eigenvalue weighted by Gasteiger charge is -2.19. The molecule has 1 nitrogen and oxygen atoms in total. The number of benzene rings is 8. The quantitative estimate of drug-likeness (QED) is 0.193. The first-order chi connectivity index (χ1) is 24.3. The predicted octanol–water partition coefficient (Wildman–Crippen LogP) is 12.0. The van der Waals surface area contributed by atoms with Crippen molar-refractivity contribution in [3.8, 4) is 22.3 Å². The molecule has 0 saturated heterocycles. The molecular formula is C43H28O. The third-order valence-electron chi connectivity index (χ3n) is 8.67. The smallest absolute Gasteiger partial charge is 0.136 e. The molecule has 0 aliphatic heterocycles. The van der Waals surface area contributed by atoms with Gasteiger partial charge in [0, 0.05) is 10.8 Å². The van der Waals surface area contributed by atoms with Gasteiger partial charge in [0.15, 0.2) is 0 Å². The highest BCUT2D eigenvalue weighted by Crippen LogP contribution is 2.44. The molecule has 0 bridgehead atoms. The Morgan fingerprint density at radius 2 is 1.11 bits per heavy atom. The molecule has 0 radical (unpaired) electrons. The normalized spacial score (nSPS) is 13.6. The van der Waals surface area contributed by atoms with E-state index in [9.17, 15) is 1.37 Å². The summed E-state index contributed by atoms with van der Waals surface area (Å²) in [5.41, 5.74) is 7.31. The molecule has 0 atom stereocenters.